The van der Waals surface area contributed by atoms with Crippen LogP contribution in [0.1, 0.15) is 51.4 Å². The molecule has 0 aliphatic heterocycles. The number of aryl methyl sites for hydroxylation is 1. The summed E-state index contributed by atoms with van der Waals surface area (Å²) >= 11 is 0. The highest BCUT2D eigenvalue weighted by Gasteiger charge is 2.45. The molecule has 20 heavy (non-hydrogen) atoms. The largest absolute Gasteiger partial charge is 0.469 e. The van der Waals surface area contributed by atoms with E-state index in [0.717, 1.165) is 18.8 Å². The SMILES string of the molecule is Cc1occc1CN(C)C1(CN)CCC(C)(C)CC1C. The Morgan fingerprint density at radius 3 is 2.60 bits per heavy atom. The highest BCUT2D eigenvalue weighted by atomic mass is 16.3. The minimum absolute atomic E-state index is 0.124. The van der Waals surface area contributed by atoms with Crippen LogP contribution < -0.4 is 5.73 Å². The van der Waals surface area contributed by atoms with Crippen molar-refractivity contribution in [3.8, 4) is 0 Å². The second kappa shape index (κ2) is 5.53. The van der Waals surface area contributed by atoms with Gasteiger partial charge in [0.15, 0.2) is 0 Å². The quantitative estimate of drug-likeness (QED) is 0.915. The molecule has 114 valence electrons. The van der Waals surface area contributed by atoms with Crippen LogP contribution in [0.3, 0.4) is 0 Å². The van der Waals surface area contributed by atoms with Gasteiger partial charge in [-0.1, -0.05) is 20.8 Å². The Morgan fingerprint density at radius 2 is 2.10 bits per heavy atom. The third kappa shape index (κ3) is 2.79. The highest BCUT2D eigenvalue weighted by molar-refractivity contribution is 5.16. The molecule has 3 heteroatoms. The first-order valence-corrected chi connectivity index (χ1v) is 7.75. The number of rotatable bonds is 4. The molecule has 0 aromatic carbocycles. The maximum absolute atomic E-state index is 6.22. The summed E-state index contributed by atoms with van der Waals surface area (Å²) < 4.78 is 5.42. The monoisotopic (exact) mass is 278 g/mol. The lowest BCUT2D eigenvalue weighted by molar-refractivity contribution is -0.0119. The molecule has 2 unspecified atom stereocenters. The predicted octanol–water partition coefficient (Wildman–Crippen LogP) is 3.56. The maximum atomic E-state index is 6.22. The van der Waals surface area contributed by atoms with Crippen LogP contribution in [0.5, 0.6) is 0 Å². The van der Waals surface area contributed by atoms with Gasteiger partial charge in [0.05, 0.1) is 6.26 Å². The van der Waals surface area contributed by atoms with Crippen LogP contribution in [-0.2, 0) is 6.54 Å². The summed E-state index contributed by atoms with van der Waals surface area (Å²) in [5, 5.41) is 0. The Kier molecular flexibility index (Phi) is 4.31. The Hall–Kier alpha value is -0.800. The zero-order valence-corrected chi connectivity index (χ0v) is 13.7. The van der Waals surface area contributed by atoms with Gasteiger partial charge in [-0.2, -0.15) is 0 Å². The van der Waals surface area contributed by atoms with Gasteiger partial charge in [-0.3, -0.25) is 4.90 Å². The smallest absolute Gasteiger partial charge is 0.105 e. The molecule has 1 aromatic heterocycles. The van der Waals surface area contributed by atoms with Crippen LogP contribution in [0.4, 0.5) is 0 Å². The van der Waals surface area contributed by atoms with Gasteiger partial charge in [0.25, 0.3) is 0 Å². The molecule has 0 radical (unpaired) electrons. The lowest BCUT2D eigenvalue weighted by Gasteiger charge is -2.52. The molecule has 1 aliphatic rings. The van der Waals surface area contributed by atoms with E-state index in [4.69, 9.17) is 10.2 Å². The fourth-order valence-electron chi connectivity index (χ4n) is 3.94. The van der Waals surface area contributed by atoms with Gasteiger partial charge in [0, 0.05) is 24.2 Å². The minimum atomic E-state index is 0.124. The van der Waals surface area contributed by atoms with Crippen LogP contribution in [0, 0.1) is 18.3 Å². The molecule has 1 heterocycles. The molecule has 0 saturated heterocycles. The Bertz CT molecular complexity index is 452. The molecule has 0 amide bonds. The first-order valence-electron chi connectivity index (χ1n) is 7.75. The maximum Gasteiger partial charge on any atom is 0.105 e. The fraction of sp³-hybridized carbons (Fsp3) is 0.765. The first-order chi connectivity index (χ1) is 9.31. The van der Waals surface area contributed by atoms with Crippen LogP contribution in [-0.4, -0.2) is 24.0 Å². The van der Waals surface area contributed by atoms with Crippen LogP contribution >= 0.6 is 0 Å². The predicted molar refractivity (Wildman–Crippen MR) is 83.5 cm³/mol. The van der Waals surface area contributed by atoms with Gasteiger partial charge in [0.2, 0.25) is 0 Å². The summed E-state index contributed by atoms with van der Waals surface area (Å²) in [5.41, 5.74) is 8.07. The van der Waals surface area contributed by atoms with Gasteiger partial charge >= 0.3 is 0 Å². The van der Waals surface area contributed by atoms with Crippen LogP contribution in [0.15, 0.2) is 16.7 Å². The highest BCUT2D eigenvalue weighted by Crippen LogP contribution is 2.46. The lowest BCUT2D eigenvalue weighted by Crippen LogP contribution is -2.59. The van der Waals surface area contributed by atoms with Crippen molar-refractivity contribution in [1.82, 2.24) is 4.90 Å². The van der Waals surface area contributed by atoms with E-state index in [1.54, 1.807) is 6.26 Å². The Labute approximate surface area is 123 Å². The van der Waals surface area contributed by atoms with E-state index in [9.17, 15) is 0 Å². The summed E-state index contributed by atoms with van der Waals surface area (Å²) in [7, 11) is 2.22. The van der Waals surface area contributed by atoms with E-state index in [1.165, 1.54) is 24.8 Å². The number of nitrogens with zero attached hydrogens (tertiary/aromatic N) is 1. The molecule has 1 aromatic rings. The Morgan fingerprint density at radius 1 is 1.40 bits per heavy atom. The topological polar surface area (TPSA) is 42.4 Å². The third-order valence-corrected chi connectivity index (χ3v) is 5.50. The van der Waals surface area contributed by atoms with E-state index in [1.807, 2.05) is 6.92 Å². The van der Waals surface area contributed by atoms with Gasteiger partial charge in [-0.15, -0.1) is 0 Å². The van der Waals surface area contributed by atoms with Crippen molar-refractivity contribution in [2.24, 2.45) is 17.1 Å². The normalized spacial score (nSPS) is 29.9. The van der Waals surface area contributed by atoms with Crippen molar-refractivity contribution in [3.63, 3.8) is 0 Å². The molecule has 2 N–H and O–H groups in total. The molecule has 3 nitrogen and oxygen atoms in total. The van der Waals surface area contributed by atoms with E-state index in [2.05, 4.69) is 38.8 Å². The molecular formula is C17H30N2O. The average molecular weight is 278 g/mol. The molecule has 1 fully saturated rings. The molecule has 2 atom stereocenters. The van der Waals surface area contributed by atoms with Crippen LogP contribution in [0.2, 0.25) is 0 Å². The zero-order valence-electron chi connectivity index (χ0n) is 13.7. The summed E-state index contributed by atoms with van der Waals surface area (Å²) in [5.74, 6) is 1.64. The van der Waals surface area contributed by atoms with Gasteiger partial charge in [0.1, 0.15) is 5.76 Å². The minimum Gasteiger partial charge on any atom is -0.469 e. The summed E-state index contributed by atoms with van der Waals surface area (Å²) in [6, 6.07) is 2.08. The van der Waals surface area contributed by atoms with Gasteiger partial charge in [-0.25, -0.2) is 0 Å². The summed E-state index contributed by atoms with van der Waals surface area (Å²) in [4.78, 5) is 2.46. The number of hydrogen-bond donors (Lipinski definition) is 1. The van der Waals surface area contributed by atoms with Crippen molar-refractivity contribution in [2.45, 2.75) is 59.0 Å². The van der Waals surface area contributed by atoms with E-state index >= 15 is 0 Å². The number of nitrogens with two attached hydrogens (primary N) is 1. The number of hydrogen-bond acceptors (Lipinski definition) is 3. The van der Waals surface area contributed by atoms with Gasteiger partial charge in [-0.05, 0) is 50.6 Å². The lowest BCUT2D eigenvalue weighted by atomic mass is 9.63. The molecule has 1 aliphatic carbocycles. The van der Waals surface area contributed by atoms with Crippen LogP contribution in [0.25, 0.3) is 0 Å². The molecular weight excluding hydrogens is 248 g/mol. The van der Waals surface area contributed by atoms with E-state index in [-0.39, 0.29) is 5.54 Å². The second-order valence-electron chi connectivity index (χ2n) is 7.44. The molecule has 0 spiro atoms. The average Bonchev–Trinajstić information content (AvgIpc) is 2.75. The summed E-state index contributed by atoms with van der Waals surface area (Å²) in [6.45, 7) is 10.8. The van der Waals surface area contributed by atoms with E-state index < -0.39 is 0 Å². The van der Waals surface area contributed by atoms with Crippen molar-refractivity contribution >= 4 is 0 Å². The van der Waals surface area contributed by atoms with Gasteiger partial charge < -0.3 is 10.2 Å². The first kappa shape index (κ1) is 15.6. The van der Waals surface area contributed by atoms with Crippen molar-refractivity contribution in [2.75, 3.05) is 13.6 Å². The number of likely N-dealkylation sites (N-methyl/N-ethyl adjacent to an activating group) is 1. The third-order valence-electron chi connectivity index (χ3n) is 5.50. The standard InChI is InChI=1S/C17H30N2O/c1-13-10-16(3,4)7-8-17(13,12-18)19(5)11-15-6-9-20-14(15)2/h6,9,13H,7-8,10-12,18H2,1-5H3. The van der Waals surface area contributed by atoms with Crippen molar-refractivity contribution < 1.29 is 4.42 Å². The molecule has 2 rings (SSSR count). The number of furan rings is 1. The van der Waals surface area contributed by atoms with E-state index in [0.29, 0.717) is 11.3 Å². The summed E-state index contributed by atoms with van der Waals surface area (Å²) in [6.07, 6.45) is 5.47. The fourth-order valence-corrected chi connectivity index (χ4v) is 3.94. The molecule has 1 saturated carbocycles. The Balaban J connectivity index is 2.16. The van der Waals surface area contributed by atoms with Crippen molar-refractivity contribution in [1.29, 1.82) is 0 Å². The van der Waals surface area contributed by atoms with Crippen molar-refractivity contribution in [3.05, 3.63) is 23.7 Å². The zero-order chi connectivity index (χ0) is 15.0. The molecule has 0 bridgehead atoms. The second-order valence-corrected chi connectivity index (χ2v) is 7.44.